The van der Waals surface area contributed by atoms with Crippen molar-refractivity contribution in [2.24, 2.45) is 7.05 Å². The Morgan fingerprint density at radius 3 is 2.73 bits per heavy atom. The predicted octanol–water partition coefficient (Wildman–Crippen LogP) is 3.05. The Labute approximate surface area is 125 Å². The standard InChI is InChI=1S/C17H13N3O2/c1-10-17-13-4-3-11(12-8-18-20(2)9-12)7-14(13)15(21)5-6-16(17)22-19-10/h3-9H,1-2H3. The van der Waals surface area contributed by atoms with Crippen molar-refractivity contribution in [2.75, 3.05) is 0 Å². The Morgan fingerprint density at radius 2 is 1.95 bits per heavy atom. The van der Waals surface area contributed by atoms with E-state index in [1.807, 2.05) is 38.4 Å². The summed E-state index contributed by atoms with van der Waals surface area (Å²) in [6, 6.07) is 9.06. The van der Waals surface area contributed by atoms with Gasteiger partial charge in [-0.25, -0.2) is 0 Å². The van der Waals surface area contributed by atoms with Crippen molar-refractivity contribution in [3.05, 3.63) is 58.6 Å². The Balaban J connectivity index is 2.12. The summed E-state index contributed by atoms with van der Waals surface area (Å²) in [7, 11) is 1.87. The highest BCUT2D eigenvalue weighted by Gasteiger charge is 2.10. The minimum absolute atomic E-state index is 0.0356. The van der Waals surface area contributed by atoms with Crippen LogP contribution in [-0.4, -0.2) is 14.9 Å². The molecule has 0 radical (unpaired) electrons. The van der Waals surface area contributed by atoms with Crippen molar-refractivity contribution in [3.8, 4) is 11.1 Å². The first-order valence-electron chi connectivity index (χ1n) is 6.95. The molecule has 0 aliphatic carbocycles. The molecule has 0 atom stereocenters. The number of nitrogens with zero attached hydrogens (tertiary/aromatic N) is 3. The van der Waals surface area contributed by atoms with Crippen molar-refractivity contribution in [2.45, 2.75) is 6.92 Å². The zero-order valence-corrected chi connectivity index (χ0v) is 12.2. The number of aromatic nitrogens is 3. The van der Waals surface area contributed by atoms with Gasteiger partial charge in [0.2, 0.25) is 0 Å². The lowest BCUT2D eigenvalue weighted by Crippen LogP contribution is -1.95. The van der Waals surface area contributed by atoms with E-state index in [4.69, 9.17) is 4.52 Å². The van der Waals surface area contributed by atoms with Crippen LogP contribution in [0.4, 0.5) is 0 Å². The summed E-state index contributed by atoms with van der Waals surface area (Å²) in [5.41, 5.74) is 3.31. The van der Waals surface area contributed by atoms with Gasteiger partial charge in [0.25, 0.3) is 0 Å². The van der Waals surface area contributed by atoms with E-state index in [0.717, 1.165) is 27.6 Å². The van der Waals surface area contributed by atoms with Gasteiger partial charge in [-0.2, -0.15) is 5.10 Å². The smallest absolute Gasteiger partial charge is 0.186 e. The lowest BCUT2D eigenvalue weighted by atomic mass is 10.0. The molecule has 0 saturated heterocycles. The summed E-state index contributed by atoms with van der Waals surface area (Å²) in [5, 5.41) is 10.6. The fourth-order valence-corrected chi connectivity index (χ4v) is 2.79. The topological polar surface area (TPSA) is 60.9 Å². The first kappa shape index (κ1) is 12.8. The van der Waals surface area contributed by atoms with Gasteiger partial charge in [0.15, 0.2) is 11.0 Å². The SMILES string of the molecule is Cc1noc2ccc(=O)c3cc(-c4cnn(C)c4)ccc3c12. The highest BCUT2D eigenvalue weighted by atomic mass is 16.5. The Morgan fingerprint density at radius 1 is 1.09 bits per heavy atom. The van der Waals surface area contributed by atoms with Crippen molar-refractivity contribution < 1.29 is 4.52 Å². The van der Waals surface area contributed by atoms with Crippen LogP contribution in [0, 0.1) is 6.92 Å². The minimum atomic E-state index is -0.0356. The highest BCUT2D eigenvalue weighted by molar-refractivity contribution is 6.06. The lowest BCUT2D eigenvalue weighted by Gasteiger charge is -1.99. The molecule has 0 spiro atoms. The molecule has 2 heterocycles. The maximum atomic E-state index is 12.4. The molecule has 0 saturated carbocycles. The third-order valence-corrected chi connectivity index (χ3v) is 3.87. The van der Waals surface area contributed by atoms with Crippen LogP contribution in [0.3, 0.4) is 0 Å². The Bertz CT molecular complexity index is 1080. The van der Waals surface area contributed by atoms with Crippen LogP contribution in [0.5, 0.6) is 0 Å². The highest BCUT2D eigenvalue weighted by Crippen LogP contribution is 2.28. The summed E-state index contributed by atoms with van der Waals surface area (Å²) < 4.78 is 7.03. The van der Waals surface area contributed by atoms with E-state index >= 15 is 0 Å². The molecule has 2 aromatic heterocycles. The fourth-order valence-electron chi connectivity index (χ4n) is 2.79. The molecule has 5 nitrogen and oxygen atoms in total. The summed E-state index contributed by atoms with van der Waals surface area (Å²) in [6.45, 7) is 1.88. The molecule has 5 heteroatoms. The first-order valence-corrected chi connectivity index (χ1v) is 6.95. The maximum absolute atomic E-state index is 12.4. The van der Waals surface area contributed by atoms with Crippen molar-refractivity contribution in [3.63, 3.8) is 0 Å². The van der Waals surface area contributed by atoms with Gasteiger partial charge >= 0.3 is 0 Å². The average Bonchev–Trinajstić information content (AvgIpc) is 3.07. The Kier molecular flexibility index (Phi) is 2.63. The maximum Gasteiger partial charge on any atom is 0.186 e. The zero-order valence-electron chi connectivity index (χ0n) is 12.2. The van der Waals surface area contributed by atoms with Gasteiger partial charge in [0.05, 0.1) is 17.3 Å². The van der Waals surface area contributed by atoms with Crippen LogP contribution in [0.15, 0.2) is 52.0 Å². The van der Waals surface area contributed by atoms with Crippen LogP contribution < -0.4 is 5.43 Å². The monoisotopic (exact) mass is 291 g/mol. The largest absolute Gasteiger partial charge is 0.356 e. The molecule has 0 unspecified atom stereocenters. The summed E-state index contributed by atoms with van der Waals surface area (Å²) >= 11 is 0. The van der Waals surface area contributed by atoms with Gasteiger partial charge in [-0.3, -0.25) is 9.48 Å². The van der Waals surface area contributed by atoms with Gasteiger partial charge < -0.3 is 4.52 Å². The van der Waals surface area contributed by atoms with E-state index < -0.39 is 0 Å². The second-order valence-electron chi connectivity index (χ2n) is 5.37. The van der Waals surface area contributed by atoms with Gasteiger partial charge in [-0.1, -0.05) is 17.3 Å². The van der Waals surface area contributed by atoms with E-state index in [1.54, 1.807) is 16.9 Å². The van der Waals surface area contributed by atoms with Crippen LogP contribution in [-0.2, 0) is 7.05 Å². The minimum Gasteiger partial charge on any atom is -0.356 e. The quantitative estimate of drug-likeness (QED) is 0.541. The molecule has 108 valence electrons. The van der Waals surface area contributed by atoms with Crippen molar-refractivity contribution in [1.29, 1.82) is 0 Å². The summed E-state index contributed by atoms with van der Waals surface area (Å²) in [4.78, 5) is 12.4. The molecule has 0 amide bonds. The summed E-state index contributed by atoms with van der Waals surface area (Å²) in [5.74, 6) is 0. The second-order valence-corrected chi connectivity index (χ2v) is 5.37. The predicted molar refractivity (Wildman–Crippen MR) is 84.7 cm³/mol. The van der Waals surface area contributed by atoms with Crippen LogP contribution in [0.1, 0.15) is 5.69 Å². The third-order valence-electron chi connectivity index (χ3n) is 3.87. The number of rotatable bonds is 1. The van der Waals surface area contributed by atoms with Gasteiger partial charge in [-0.15, -0.1) is 0 Å². The number of hydrogen-bond acceptors (Lipinski definition) is 4. The molecule has 4 aromatic rings. The van der Waals surface area contributed by atoms with E-state index in [9.17, 15) is 4.79 Å². The van der Waals surface area contributed by atoms with Crippen molar-refractivity contribution >= 4 is 21.7 Å². The Hall–Kier alpha value is -2.95. The summed E-state index contributed by atoms with van der Waals surface area (Å²) in [6.07, 6.45) is 3.71. The number of hydrogen-bond donors (Lipinski definition) is 0. The molecular formula is C17H13N3O2. The van der Waals surface area contributed by atoms with Gasteiger partial charge in [-0.05, 0) is 36.1 Å². The van der Waals surface area contributed by atoms with E-state index in [1.165, 1.54) is 6.07 Å². The van der Waals surface area contributed by atoms with E-state index in [0.29, 0.717) is 11.0 Å². The molecule has 2 aromatic carbocycles. The lowest BCUT2D eigenvalue weighted by molar-refractivity contribution is 0.450. The van der Waals surface area contributed by atoms with E-state index in [-0.39, 0.29) is 5.43 Å². The van der Waals surface area contributed by atoms with E-state index in [2.05, 4.69) is 10.3 Å². The van der Waals surface area contributed by atoms with Gasteiger partial charge in [0, 0.05) is 24.2 Å². The normalized spacial score (nSPS) is 11.4. The fraction of sp³-hybridized carbons (Fsp3) is 0.118. The van der Waals surface area contributed by atoms with Crippen LogP contribution >= 0.6 is 0 Å². The molecule has 4 rings (SSSR count). The molecule has 0 fully saturated rings. The molecule has 0 aliphatic rings. The molecule has 0 bridgehead atoms. The molecular weight excluding hydrogens is 278 g/mol. The average molecular weight is 291 g/mol. The second kappa shape index (κ2) is 4.53. The zero-order chi connectivity index (χ0) is 15.3. The van der Waals surface area contributed by atoms with Gasteiger partial charge in [0.1, 0.15) is 0 Å². The number of benzene rings is 1. The van der Waals surface area contributed by atoms with Crippen molar-refractivity contribution in [1.82, 2.24) is 14.9 Å². The van der Waals surface area contributed by atoms with Crippen LogP contribution in [0.2, 0.25) is 0 Å². The first-order chi connectivity index (χ1) is 10.6. The molecule has 0 aliphatic heterocycles. The molecule has 0 N–H and O–H groups in total. The number of fused-ring (bicyclic) bond motifs is 3. The molecule has 22 heavy (non-hydrogen) atoms. The number of aryl methyl sites for hydroxylation is 2. The van der Waals surface area contributed by atoms with Crippen LogP contribution in [0.25, 0.3) is 32.9 Å². The third kappa shape index (κ3) is 1.83.